The van der Waals surface area contributed by atoms with E-state index in [0.29, 0.717) is 11.2 Å². The molecule has 1 aliphatic heterocycles. The van der Waals surface area contributed by atoms with E-state index in [-0.39, 0.29) is 11.9 Å². The van der Waals surface area contributed by atoms with Gasteiger partial charge in [0.1, 0.15) is 5.56 Å². The largest absolute Gasteiger partial charge is 0.334 e. The first-order valence-electron chi connectivity index (χ1n) is 7.82. The van der Waals surface area contributed by atoms with Gasteiger partial charge in [-0.05, 0) is 31.9 Å². The van der Waals surface area contributed by atoms with Crippen LogP contribution in [0.25, 0.3) is 5.65 Å². The molecule has 0 N–H and O–H groups in total. The Kier molecular flexibility index (Phi) is 3.33. The molecule has 0 saturated carbocycles. The number of aromatic nitrogens is 5. The second kappa shape index (κ2) is 5.49. The average Bonchev–Trinajstić information content (AvgIpc) is 3.27. The molecule has 1 fully saturated rings. The fourth-order valence-corrected chi connectivity index (χ4v) is 3.18. The molecule has 0 aromatic carbocycles. The fourth-order valence-electron chi connectivity index (χ4n) is 3.18. The molecule has 3 aromatic heterocycles. The van der Waals surface area contributed by atoms with Gasteiger partial charge in [-0.1, -0.05) is 0 Å². The second-order valence-corrected chi connectivity index (χ2v) is 5.92. The minimum atomic E-state index is 0.00718. The molecule has 1 aliphatic rings. The van der Waals surface area contributed by atoms with Crippen molar-refractivity contribution in [2.75, 3.05) is 6.54 Å². The summed E-state index contributed by atoms with van der Waals surface area (Å²) in [4.78, 5) is 19.4. The van der Waals surface area contributed by atoms with Crippen LogP contribution in [0.5, 0.6) is 0 Å². The number of hydrogen-bond donors (Lipinski definition) is 0. The van der Waals surface area contributed by atoms with E-state index in [2.05, 4.69) is 15.2 Å². The van der Waals surface area contributed by atoms with Crippen LogP contribution >= 0.6 is 0 Å². The number of hydrogen-bond acceptors (Lipinski definition) is 4. The quantitative estimate of drug-likeness (QED) is 0.736. The van der Waals surface area contributed by atoms with Crippen molar-refractivity contribution < 1.29 is 4.79 Å². The Morgan fingerprint density at radius 2 is 2.26 bits per heavy atom. The van der Waals surface area contributed by atoms with E-state index in [1.807, 2.05) is 41.0 Å². The van der Waals surface area contributed by atoms with E-state index < -0.39 is 0 Å². The highest BCUT2D eigenvalue weighted by atomic mass is 16.2. The van der Waals surface area contributed by atoms with E-state index in [1.54, 1.807) is 16.9 Å². The van der Waals surface area contributed by atoms with Gasteiger partial charge in [-0.15, -0.1) is 0 Å². The van der Waals surface area contributed by atoms with Crippen molar-refractivity contribution in [1.82, 2.24) is 29.3 Å². The first-order chi connectivity index (χ1) is 11.2. The van der Waals surface area contributed by atoms with E-state index in [1.165, 1.54) is 0 Å². The topological polar surface area (TPSA) is 68.3 Å². The molecule has 4 heterocycles. The molecule has 1 amide bonds. The Morgan fingerprint density at radius 3 is 3.09 bits per heavy atom. The van der Waals surface area contributed by atoms with E-state index in [4.69, 9.17) is 0 Å². The molecule has 1 saturated heterocycles. The van der Waals surface area contributed by atoms with Crippen molar-refractivity contribution in [3.05, 3.63) is 48.2 Å². The summed E-state index contributed by atoms with van der Waals surface area (Å²) in [6.07, 6.45) is 9.16. The normalized spacial score (nSPS) is 18.0. The molecule has 7 heteroatoms. The van der Waals surface area contributed by atoms with Crippen molar-refractivity contribution in [3.63, 3.8) is 0 Å². The standard InChI is InChI=1S/C16H18N6O/c1-12-5-9-22-15(19-12)14(10-18-22)16(23)21-8-2-4-13(21)11-20-7-3-6-17-20/h3,5-7,9-10,13H,2,4,8,11H2,1H3. The number of aryl methyl sites for hydroxylation is 1. The zero-order chi connectivity index (χ0) is 15.8. The molecule has 0 aliphatic carbocycles. The van der Waals surface area contributed by atoms with Crippen LogP contribution < -0.4 is 0 Å². The van der Waals surface area contributed by atoms with E-state index in [9.17, 15) is 4.79 Å². The lowest BCUT2D eigenvalue weighted by molar-refractivity contribution is 0.0723. The second-order valence-electron chi connectivity index (χ2n) is 5.92. The molecule has 23 heavy (non-hydrogen) atoms. The van der Waals surface area contributed by atoms with Gasteiger partial charge in [0.15, 0.2) is 5.65 Å². The number of rotatable bonds is 3. The maximum Gasteiger partial charge on any atom is 0.259 e. The van der Waals surface area contributed by atoms with Gasteiger partial charge in [0.2, 0.25) is 0 Å². The monoisotopic (exact) mass is 310 g/mol. The van der Waals surface area contributed by atoms with Gasteiger partial charge in [-0.25, -0.2) is 9.50 Å². The van der Waals surface area contributed by atoms with Crippen molar-refractivity contribution in [3.8, 4) is 0 Å². The molecule has 4 rings (SSSR count). The van der Waals surface area contributed by atoms with Crippen LogP contribution in [0.15, 0.2) is 36.9 Å². The maximum absolute atomic E-state index is 13.0. The highest BCUT2D eigenvalue weighted by Crippen LogP contribution is 2.22. The summed E-state index contributed by atoms with van der Waals surface area (Å²) in [5, 5.41) is 8.49. The third kappa shape index (κ3) is 2.48. The minimum absolute atomic E-state index is 0.00718. The van der Waals surface area contributed by atoms with Crippen LogP contribution in [0.4, 0.5) is 0 Å². The molecule has 118 valence electrons. The van der Waals surface area contributed by atoms with Crippen LogP contribution in [0.2, 0.25) is 0 Å². The summed E-state index contributed by atoms with van der Waals surface area (Å²) >= 11 is 0. The summed E-state index contributed by atoms with van der Waals surface area (Å²) in [5.41, 5.74) is 2.07. The number of fused-ring (bicyclic) bond motifs is 1. The Bertz CT molecular complexity index is 838. The maximum atomic E-state index is 13.0. The van der Waals surface area contributed by atoms with Gasteiger partial charge in [-0.2, -0.15) is 10.2 Å². The lowest BCUT2D eigenvalue weighted by atomic mass is 10.2. The summed E-state index contributed by atoms with van der Waals surface area (Å²) < 4.78 is 3.54. The lowest BCUT2D eigenvalue weighted by Crippen LogP contribution is -2.38. The summed E-state index contributed by atoms with van der Waals surface area (Å²) in [6.45, 7) is 3.41. The average molecular weight is 310 g/mol. The Labute approximate surface area is 133 Å². The summed E-state index contributed by atoms with van der Waals surface area (Å²) in [7, 11) is 0. The van der Waals surface area contributed by atoms with Crippen molar-refractivity contribution >= 4 is 11.6 Å². The highest BCUT2D eigenvalue weighted by Gasteiger charge is 2.31. The third-order valence-electron chi connectivity index (χ3n) is 4.33. The zero-order valence-corrected chi connectivity index (χ0v) is 13.0. The van der Waals surface area contributed by atoms with Gasteiger partial charge < -0.3 is 4.90 Å². The fraction of sp³-hybridized carbons (Fsp3) is 0.375. The smallest absolute Gasteiger partial charge is 0.259 e. The van der Waals surface area contributed by atoms with Gasteiger partial charge >= 0.3 is 0 Å². The first kappa shape index (κ1) is 13.9. The van der Waals surface area contributed by atoms with Crippen LogP contribution in [-0.2, 0) is 6.54 Å². The molecule has 7 nitrogen and oxygen atoms in total. The van der Waals surface area contributed by atoms with Gasteiger partial charge in [0, 0.05) is 30.8 Å². The predicted octanol–water partition coefficient (Wildman–Crippen LogP) is 1.54. The van der Waals surface area contributed by atoms with Gasteiger partial charge in [0.25, 0.3) is 5.91 Å². The summed E-state index contributed by atoms with van der Waals surface area (Å²) in [5.74, 6) is 0.00718. The number of likely N-dealkylation sites (tertiary alicyclic amines) is 1. The van der Waals surface area contributed by atoms with Crippen molar-refractivity contribution in [2.45, 2.75) is 32.4 Å². The molecule has 0 spiro atoms. The SMILES string of the molecule is Cc1ccn2ncc(C(=O)N3CCCC3Cn3cccn3)c2n1. The third-order valence-corrected chi connectivity index (χ3v) is 4.33. The van der Waals surface area contributed by atoms with E-state index >= 15 is 0 Å². The Balaban J connectivity index is 1.63. The number of nitrogens with zero attached hydrogens (tertiary/aromatic N) is 6. The lowest BCUT2D eigenvalue weighted by Gasteiger charge is -2.24. The van der Waals surface area contributed by atoms with Crippen LogP contribution in [0.3, 0.4) is 0 Å². The van der Waals surface area contributed by atoms with Crippen LogP contribution in [0.1, 0.15) is 28.9 Å². The van der Waals surface area contributed by atoms with Crippen LogP contribution in [0, 0.1) is 6.92 Å². The summed E-state index contributed by atoms with van der Waals surface area (Å²) in [6, 6.07) is 3.95. The van der Waals surface area contributed by atoms with E-state index in [0.717, 1.165) is 31.6 Å². The zero-order valence-electron chi connectivity index (χ0n) is 13.0. The molecular weight excluding hydrogens is 292 g/mol. The molecule has 1 unspecified atom stereocenters. The van der Waals surface area contributed by atoms with Gasteiger partial charge in [0.05, 0.1) is 18.8 Å². The highest BCUT2D eigenvalue weighted by molar-refractivity contribution is 5.99. The number of amides is 1. The van der Waals surface area contributed by atoms with Gasteiger partial charge in [-0.3, -0.25) is 9.48 Å². The molecule has 0 bridgehead atoms. The van der Waals surface area contributed by atoms with Crippen LogP contribution in [-0.4, -0.2) is 47.8 Å². The molecule has 1 atom stereocenters. The minimum Gasteiger partial charge on any atom is -0.334 e. The first-order valence-corrected chi connectivity index (χ1v) is 7.82. The predicted molar refractivity (Wildman–Crippen MR) is 84.0 cm³/mol. The van der Waals surface area contributed by atoms with Crippen molar-refractivity contribution in [1.29, 1.82) is 0 Å². The molecule has 3 aromatic rings. The Hall–Kier alpha value is -2.70. The van der Waals surface area contributed by atoms with Crippen molar-refractivity contribution in [2.24, 2.45) is 0 Å². The number of carbonyl (C=O) groups is 1. The number of carbonyl (C=O) groups excluding carboxylic acids is 1. The molecular formula is C16H18N6O. The molecule has 0 radical (unpaired) electrons. The Morgan fingerprint density at radius 1 is 1.35 bits per heavy atom.